The van der Waals surface area contributed by atoms with Crippen LogP contribution in [0.2, 0.25) is 0 Å². The molecule has 0 spiro atoms. The number of ether oxygens (including phenoxy) is 2. The molecule has 5 rings (SSSR count). The molecule has 2 fully saturated rings. The van der Waals surface area contributed by atoms with Crippen molar-refractivity contribution >= 4 is 22.9 Å². The van der Waals surface area contributed by atoms with Crippen LogP contribution in [-0.2, 0) is 11.3 Å². The Bertz CT molecular complexity index is 1250. The quantitative estimate of drug-likeness (QED) is 0.575. The van der Waals surface area contributed by atoms with E-state index in [1.165, 1.54) is 0 Å². The fourth-order valence-electron chi connectivity index (χ4n) is 4.72. The molecule has 2 aliphatic heterocycles. The Morgan fingerprint density at radius 2 is 2.09 bits per heavy atom. The Morgan fingerprint density at radius 1 is 1.23 bits per heavy atom. The number of nitrogens with zero attached hydrogens (tertiary/aromatic N) is 5. The van der Waals surface area contributed by atoms with Gasteiger partial charge in [0.25, 0.3) is 0 Å². The van der Waals surface area contributed by atoms with E-state index in [4.69, 9.17) is 24.4 Å². The van der Waals surface area contributed by atoms with Crippen molar-refractivity contribution in [1.82, 2.24) is 25.2 Å². The Labute approximate surface area is 203 Å². The first kappa shape index (κ1) is 23.3. The highest BCUT2D eigenvalue weighted by Gasteiger charge is 2.31. The highest BCUT2D eigenvalue weighted by molar-refractivity contribution is 5.89. The summed E-state index contributed by atoms with van der Waals surface area (Å²) in [6, 6.07) is 9.34. The number of amides is 2. The molecule has 2 N–H and O–H groups in total. The van der Waals surface area contributed by atoms with Crippen molar-refractivity contribution in [2.75, 3.05) is 45.4 Å². The van der Waals surface area contributed by atoms with Crippen LogP contribution in [0.15, 0.2) is 30.3 Å². The summed E-state index contributed by atoms with van der Waals surface area (Å²) in [4.78, 5) is 30.9. The summed E-state index contributed by atoms with van der Waals surface area (Å²) in [5.74, 6) is 2.02. The van der Waals surface area contributed by atoms with Crippen LogP contribution in [0.1, 0.15) is 30.8 Å². The number of urea groups is 1. The molecule has 10 heteroatoms. The lowest BCUT2D eigenvalue weighted by atomic mass is 10.1. The van der Waals surface area contributed by atoms with Gasteiger partial charge in [-0.25, -0.2) is 19.7 Å². The first-order valence-corrected chi connectivity index (χ1v) is 11.8. The molecule has 184 valence electrons. The van der Waals surface area contributed by atoms with Gasteiger partial charge in [-0.3, -0.25) is 0 Å². The minimum atomic E-state index is -0.240. The maximum atomic E-state index is 12.3. The van der Waals surface area contributed by atoms with Crippen molar-refractivity contribution in [3.63, 3.8) is 0 Å². The monoisotopic (exact) mass is 478 g/mol. The third kappa shape index (κ3) is 4.35. The van der Waals surface area contributed by atoms with Gasteiger partial charge in [0.05, 0.1) is 50.1 Å². The molecule has 0 radical (unpaired) electrons. The maximum Gasteiger partial charge on any atom is 0.317 e. The Morgan fingerprint density at radius 3 is 2.86 bits per heavy atom. The number of benzene rings is 1. The minimum Gasteiger partial charge on any atom is -0.496 e. The second-order valence-electron chi connectivity index (χ2n) is 8.92. The minimum absolute atomic E-state index is 0.133. The number of aromatic nitrogens is 3. The van der Waals surface area contributed by atoms with Gasteiger partial charge < -0.3 is 29.7 Å². The van der Waals surface area contributed by atoms with Crippen LogP contribution in [0.4, 0.5) is 10.6 Å². The summed E-state index contributed by atoms with van der Waals surface area (Å²) >= 11 is 0. The molecule has 0 saturated carbocycles. The lowest BCUT2D eigenvalue weighted by Crippen LogP contribution is -2.47. The van der Waals surface area contributed by atoms with Crippen molar-refractivity contribution in [2.24, 2.45) is 0 Å². The number of nitrogens with one attached hydrogen (secondary N) is 1. The van der Waals surface area contributed by atoms with E-state index >= 15 is 0 Å². The Balaban J connectivity index is 1.65. The second kappa shape index (κ2) is 9.63. The Hall–Kier alpha value is -3.50. The van der Waals surface area contributed by atoms with E-state index < -0.39 is 0 Å². The van der Waals surface area contributed by atoms with Crippen LogP contribution in [0.25, 0.3) is 22.3 Å². The average Bonchev–Trinajstić information content (AvgIpc) is 2.89. The molecule has 4 heterocycles. The van der Waals surface area contributed by atoms with Gasteiger partial charge >= 0.3 is 6.03 Å². The number of morpholine rings is 1. The average molecular weight is 479 g/mol. The molecular weight excluding hydrogens is 448 g/mol. The van der Waals surface area contributed by atoms with E-state index in [0.717, 1.165) is 22.5 Å². The predicted octanol–water partition coefficient (Wildman–Crippen LogP) is 2.50. The third-order valence-corrected chi connectivity index (χ3v) is 6.72. The first-order chi connectivity index (χ1) is 17.0. The number of pyridine rings is 1. The molecule has 10 nitrogen and oxygen atoms in total. The molecule has 0 bridgehead atoms. The highest BCUT2D eigenvalue weighted by Crippen LogP contribution is 2.33. The normalized spacial score (nSPS) is 20.7. The summed E-state index contributed by atoms with van der Waals surface area (Å²) in [6.07, 6.45) is 0.712. The highest BCUT2D eigenvalue weighted by atomic mass is 16.5. The number of aliphatic hydroxyl groups excluding tert-OH is 1. The van der Waals surface area contributed by atoms with E-state index in [9.17, 15) is 9.90 Å². The predicted molar refractivity (Wildman–Crippen MR) is 131 cm³/mol. The summed E-state index contributed by atoms with van der Waals surface area (Å²) in [6.45, 7) is 4.51. The van der Waals surface area contributed by atoms with Crippen LogP contribution in [-0.4, -0.2) is 77.5 Å². The molecule has 0 aliphatic carbocycles. The van der Waals surface area contributed by atoms with Crippen molar-refractivity contribution < 1.29 is 19.4 Å². The zero-order chi connectivity index (χ0) is 24.5. The number of hydrogen-bond acceptors (Lipinski definition) is 8. The van der Waals surface area contributed by atoms with Gasteiger partial charge in [0.15, 0.2) is 11.5 Å². The molecular formula is C25H30N6O4. The number of anilines is 1. The number of carbonyl (C=O) groups excluding carboxylic acids is 1. The van der Waals surface area contributed by atoms with Crippen molar-refractivity contribution in [2.45, 2.75) is 32.0 Å². The van der Waals surface area contributed by atoms with E-state index in [1.807, 2.05) is 30.3 Å². The number of rotatable bonds is 5. The number of aliphatic hydroxyl groups is 1. The van der Waals surface area contributed by atoms with Crippen LogP contribution in [0.3, 0.4) is 0 Å². The summed E-state index contributed by atoms with van der Waals surface area (Å²) in [5.41, 5.74) is 2.84. The lowest BCUT2D eigenvalue weighted by Gasteiger charge is -2.36. The molecule has 2 amide bonds. The topological polar surface area (TPSA) is 113 Å². The van der Waals surface area contributed by atoms with E-state index in [-0.39, 0.29) is 24.7 Å². The molecule has 3 aromatic rings. The first-order valence-electron chi connectivity index (χ1n) is 11.8. The molecule has 2 aliphatic rings. The molecule has 2 saturated heterocycles. The standard InChI is InChI=1S/C25H30N6O4/c1-15-14-35-11-10-31(15)24-18-5-6-19(16-4-7-21(34-3)17(12-16)13-32)27-22(18)28-23(29-24)20-8-9-26-25(33)30(20)2/h4-7,12,15,20,32H,8-11,13-14H2,1-3H3,(H,26,33)/t15-,20?/m0/s1. The van der Waals surface area contributed by atoms with Gasteiger partial charge in [-0.05, 0) is 43.7 Å². The SMILES string of the molecule is COc1ccc(-c2ccc3c(N4CCOC[C@@H]4C)nc(C4CCNC(=O)N4C)nc3n2)cc1CO. The van der Waals surface area contributed by atoms with Gasteiger partial charge in [0.2, 0.25) is 0 Å². The van der Waals surface area contributed by atoms with Crippen LogP contribution in [0.5, 0.6) is 5.75 Å². The number of carbonyl (C=O) groups is 1. The van der Waals surface area contributed by atoms with Crippen molar-refractivity contribution in [3.8, 4) is 17.0 Å². The van der Waals surface area contributed by atoms with Crippen LogP contribution < -0.4 is 15.0 Å². The molecule has 35 heavy (non-hydrogen) atoms. The summed E-state index contributed by atoms with van der Waals surface area (Å²) in [5, 5.41) is 13.5. The summed E-state index contributed by atoms with van der Waals surface area (Å²) in [7, 11) is 3.35. The lowest BCUT2D eigenvalue weighted by molar-refractivity contribution is 0.0986. The molecule has 1 unspecified atom stereocenters. The molecule has 2 aromatic heterocycles. The van der Waals surface area contributed by atoms with Crippen molar-refractivity contribution in [1.29, 1.82) is 0 Å². The molecule has 1 aromatic carbocycles. The zero-order valence-electron chi connectivity index (χ0n) is 20.2. The fourth-order valence-corrected chi connectivity index (χ4v) is 4.72. The molecule has 2 atom stereocenters. The van der Waals surface area contributed by atoms with Gasteiger partial charge in [-0.2, -0.15) is 0 Å². The zero-order valence-corrected chi connectivity index (χ0v) is 20.2. The smallest absolute Gasteiger partial charge is 0.317 e. The van der Waals surface area contributed by atoms with E-state index in [2.05, 4.69) is 17.1 Å². The number of hydrogen-bond donors (Lipinski definition) is 2. The Kier molecular flexibility index (Phi) is 6.40. The fraction of sp³-hybridized carbons (Fsp3) is 0.440. The van der Waals surface area contributed by atoms with E-state index in [0.29, 0.717) is 55.5 Å². The largest absolute Gasteiger partial charge is 0.496 e. The second-order valence-corrected chi connectivity index (χ2v) is 8.92. The van der Waals surface area contributed by atoms with Crippen LogP contribution in [0, 0.1) is 0 Å². The summed E-state index contributed by atoms with van der Waals surface area (Å²) < 4.78 is 11.0. The van der Waals surface area contributed by atoms with E-state index in [1.54, 1.807) is 19.1 Å². The number of fused-ring (bicyclic) bond motifs is 1. The van der Waals surface area contributed by atoms with Gasteiger partial charge in [-0.1, -0.05) is 0 Å². The van der Waals surface area contributed by atoms with Gasteiger partial charge in [0.1, 0.15) is 11.6 Å². The van der Waals surface area contributed by atoms with Gasteiger partial charge in [0, 0.05) is 31.3 Å². The van der Waals surface area contributed by atoms with Gasteiger partial charge in [-0.15, -0.1) is 0 Å². The van der Waals surface area contributed by atoms with Crippen LogP contribution >= 0.6 is 0 Å². The van der Waals surface area contributed by atoms with Crippen molar-refractivity contribution in [3.05, 3.63) is 41.7 Å². The number of methoxy groups -OCH3 is 1. The maximum absolute atomic E-state index is 12.3. The third-order valence-electron chi connectivity index (χ3n) is 6.72.